The molecule has 2 heterocycles. The molecule has 0 atom stereocenters. The van der Waals surface area contributed by atoms with Crippen molar-refractivity contribution in [3.8, 4) is 0 Å². The maximum Gasteiger partial charge on any atom is 0.186 e. The fourth-order valence-electron chi connectivity index (χ4n) is 3.19. The fourth-order valence-corrected chi connectivity index (χ4v) is 3.19. The minimum atomic E-state index is 0.0472. The van der Waals surface area contributed by atoms with Crippen LogP contribution >= 0.6 is 0 Å². The summed E-state index contributed by atoms with van der Waals surface area (Å²) in [4.78, 5) is 16.8. The Hall–Kier alpha value is -2.94. The van der Waals surface area contributed by atoms with Crippen molar-refractivity contribution >= 4 is 38.2 Å². The third-order valence-corrected chi connectivity index (χ3v) is 4.14. The first-order chi connectivity index (χ1) is 10.3. The van der Waals surface area contributed by atoms with Crippen LogP contribution in [0.3, 0.4) is 0 Å². The zero-order valence-corrected chi connectivity index (χ0v) is 11.1. The highest BCUT2D eigenvalue weighted by Crippen LogP contribution is 2.29. The molecule has 5 rings (SSSR count). The summed E-state index contributed by atoms with van der Waals surface area (Å²) >= 11 is 0. The summed E-state index contributed by atoms with van der Waals surface area (Å²) in [5, 5.41) is 3.96. The van der Waals surface area contributed by atoms with Gasteiger partial charge in [-0.05, 0) is 18.2 Å². The van der Waals surface area contributed by atoms with Crippen LogP contribution in [0.5, 0.6) is 0 Å². The zero-order valence-electron chi connectivity index (χ0n) is 11.1. The van der Waals surface area contributed by atoms with Gasteiger partial charge >= 0.3 is 0 Å². The van der Waals surface area contributed by atoms with Crippen molar-refractivity contribution in [3.63, 3.8) is 0 Å². The number of hydrogen-bond acceptors (Lipinski definition) is 2. The third-order valence-electron chi connectivity index (χ3n) is 4.14. The molecule has 5 aromatic rings. The van der Waals surface area contributed by atoms with Crippen LogP contribution < -0.4 is 5.43 Å². The number of benzene rings is 3. The van der Waals surface area contributed by atoms with E-state index >= 15 is 0 Å². The van der Waals surface area contributed by atoms with Gasteiger partial charge in [-0.2, -0.15) is 0 Å². The van der Waals surface area contributed by atoms with Crippen molar-refractivity contribution in [2.75, 3.05) is 0 Å². The number of fused-ring (bicyclic) bond motifs is 4. The highest BCUT2D eigenvalue weighted by Gasteiger charge is 2.12. The Morgan fingerprint density at radius 2 is 1.71 bits per heavy atom. The quantitative estimate of drug-likeness (QED) is 0.431. The van der Waals surface area contributed by atoms with Crippen LogP contribution in [0.1, 0.15) is 0 Å². The van der Waals surface area contributed by atoms with Crippen molar-refractivity contribution in [1.82, 2.24) is 9.38 Å². The maximum absolute atomic E-state index is 12.1. The molecule has 0 radical (unpaired) electrons. The standard InChI is InChI=1S/C18H10N2O/c21-16-9-8-14-17-13(16)6-3-7-15(17)20-10-11-4-1-2-5-12(11)18(20)19-14/h1-10H. The van der Waals surface area contributed by atoms with E-state index in [0.717, 1.165) is 38.2 Å². The number of nitrogens with zero attached hydrogens (tertiary/aromatic N) is 2. The van der Waals surface area contributed by atoms with Gasteiger partial charge in [0.2, 0.25) is 0 Å². The molecule has 0 saturated carbocycles. The Morgan fingerprint density at radius 1 is 0.857 bits per heavy atom. The number of aromatic nitrogens is 2. The molecule has 98 valence electrons. The SMILES string of the molecule is O=c1ccc2nc3c4ccccc4cn3c3cccc1c23. The van der Waals surface area contributed by atoms with Crippen LogP contribution in [0, 0.1) is 0 Å². The van der Waals surface area contributed by atoms with Crippen molar-refractivity contribution in [1.29, 1.82) is 0 Å². The fraction of sp³-hybridized carbons (Fsp3) is 0. The zero-order chi connectivity index (χ0) is 14.0. The van der Waals surface area contributed by atoms with Gasteiger partial charge in [-0.25, -0.2) is 4.98 Å². The average molecular weight is 270 g/mol. The molecule has 0 unspecified atom stereocenters. The summed E-state index contributed by atoms with van der Waals surface area (Å²) in [7, 11) is 0. The molecule has 0 saturated heterocycles. The van der Waals surface area contributed by atoms with Gasteiger partial charge in [0.1, 0.15) is 5.65 Å². The molecule has 2 aromatic heterocycles. The lowest BCUT2D eigenvalue weighted by molar-refractivity contribution is 1.23. The van der Waals surface area contributed by atoms with Gasteiger partial charge in [0.25, 0.3) is 0 Å². The lowest BCUT2D eigenvalue weighted by Gasteiger charge is -2.07. The predicted octanol–water partition coefficient (Wildman–Crippen LogP) is 3.59. The van der Waals surface area contributed by atoms with Crippen molar-refractivity contribution in [3.05, 3.63) is 71.0 Å². The second-order valence-corrected chi connectivity index (χ2v) is 5.30. The molecule has 0 aliphatic carbocycles. The van der Waals surface area contributed by atoms with E-state index in [2.05, 4.69) is 22.7 Å². The number of hydrogen-bond donors (Lipinski definition) is 0. The van der Waals surface area contributed by atoms with Crippen molar-refractivity contribution in [2.24, 2.45) is 0 Å². The molecule has 3 aromatic carbocycles. The van der Waals surface area contributed by atoms with Crippen LogP contribution in [-0.2, 0) is 0 Å². The normalized spacial score (nSPS) is 12.0. The van der Waals surface area contributed by atoms with E-state index < -0.39 is 0 Å². The van der Waals surface area contributed by atoms with Crippen LogP contribution in [0.15, 0.2) is 65.6 Å². The van der Waals surface area contributed by atoms with Gasteiger partial charge in [0, 0.05) is 27.7 Å². The topological polar surface area (TPSA) is 34.4 Å². The van der Waals surface area contributed by atoms with Gasteiger partial charge in [-0.3, -0.25) is 9.20 Å². The molecule has 0 aliphatic rings. The molecule has 0 fully saturated rings. The van der Waals surface area contributed by atoms with Gasteiger partial charge in [-0.15, -0.1) is 0 Å². The molecule has 0 N–H and O–H groups in total. The van der Waals surface area contributed by atoms with E-state index in [4.69, 9.17) is 4.98 Å². The molecule has 0 bridgehead atoms. The highest BCUT2D eigenvalue weighted by molar-refractivity contribution is 6.10. The lowest BCUT2D eigenvalue weighted by Crippen LogP contribution is -2.02. The Morgan fingerprint density at radius 3 is 2.67 bits per heavy atom. The molecule has 0 amide bonds. The van der Waals surface area contributed by atoms with Gasteiger partial charge in [0.15, 0.2) is 5.43 Å². The van der Waals surface area contributed by atoms with Crippen LogP contribution in [0.2, 0.25) is 0 Å². The Labute approximate surface area is 119 Å². The summed E-state index contributed by atoms with van der Waals surface area (Å²) in [5.74, 6) is 0. The molecule has 0 spiro atoms. The van der Waals surface area contributed by atoms with E-state index in [1.807, 2.05) is 36.4 Å². The van der Waals surface area contributed by atoms with E-state index in [0.29, 0.717) is 0 Å². The molecule has 0 aliphatic heterocycles. The lowest BCUT2D eigenvalue weighted by atomic mass is 10.1. The summed E-state index contributed by atoms with van der Waals surface area (Å²) in [6, 6.07) is 17.5. The summed E-state index contributed by atoms with van der Waals surface area (Å²) in [6.45, 7) is 0. The first kappa shape index (κ1) is 10.8. The predicted molar refractivity (Wildman–Crippen MR) is 85.2 cm³/mol. The monoisotopic (exact) mass is 270 g/mol. The molecular formula is C18H10N2O. The molecular weight excluding hydrogens is 260 g/mol. The summed E-state index contributed by atoms with van der Waals surface area (Å²) < 4.78 is 2.08. The smallest absolute Gasteiger partial charge is 0.186 e. The minimum absolute atomic E-state index is 0.0472. The second-order valence-electron chi connectivity index (χ2n) is 5.30. The van der Waals surface area contributed by atoms with E-state index in [9.17, 15) is 4.79 Å². The van der Waals surface area contributed by atoms with E-state index in [1.54, 1.807) is 6.07 Å². The molecule has 3 nitrogen and oxygen atoms in total. The first-order valence-electron chi connectivity index (χ1n) is 6.88. The van der Waals surface area contributed by atoms with E-state index in [-0.39, 0.29) is 5.43 Å². The second kappa shape index (κ2) is 3.58. The minimum Gasteiger partial charge on any atom is -0.300 e. The van der Waals surface area contributed by atoms with Gasteiger partial charge < -0.3 is 0 Å². The Kier molecular flexibility index (Phi) is 1.84. The maximum atomic E-state index is 12.1. The van der Waals surface area contributed by atoms with Crippen molar-refractivity contribution < 1.29 is 0 Å². The Balaban J connectivity index is 2.20. The van der Waals surface area contributed by atoms with Crippen LogP contribution in [0.4, 0.5) is 0 Å². The Bertz CT molecular complexity index is 1200. The van der Waals surface area contributed by atoms with E-state index in [1.165, 1.54) is 0 Å². The largest absolute Gasteiger partial charge is 0.300 e. The molecule has 3 heteroatoms. The van der Waals surface area contributed by atoms with Crippen LogP contribution in [-0.4, -0.2) is 9.38 Å². The average Bonchev–Trinajstić information content (AvgIpc) is 2.90. The summed E-state index contributed by atoms with van der Waals surface area (Å²) in [6.07, 6.45) is 2.09. The third kappa shape index (κ3) is 1.28. The first-order valence-corrected chi connectivity index (χ1v) is 6.88. The highest BCUT2D eigenvalue weighted by atomic mass is 16.1. The van der Waals surface area contributed by atoms with Crippen LogP contribution in [0.25, 0.3) is 38.2 Å². The van der Waals surface area contributed by atoms with Gasteiger partial charge in [-0.1, -0.05) is 36.4 Å². The van der Waals surface area contributed by atoms with Crippen molar-refractivity contribution in [2.45, 2.75) is 0 Å². The summed E-state index contributed by atoms with van der Waals surface area (Å²) in [5.41, 5.74) is 2.88. The van der Waals surface area contributed by atoms with Gasteiger partial charge in [0.05, 0.1) is 11.0 Å². The number of rotatable bonds is 0. The molecule has 21 heavy (non-hydrogen) atoms.